The van der Waals surface area contributed by atoms with E-state index in [1.54, 1.807) is 30.5 Å². The first-order valence-corrected chi connectivity index (χ1v) is 12.4. The molecule has 1 aromatic carbocycles. The zero-order valence-corrected chi connectivity index (χ0v) is 19.7. The number of thioether (sulfide) groups is 1. The zero-order chi connectivity index (χ0) is 22.7. The second-order valence-electron chi connectivity index (χ2n) is 8.56. The molecule has 4 N–H and O–H groups in total. The fourth-order valence-electron chi connectivity index (χ4n) is 4.65. The lowest BCUT2D eigenvalue weighted by Gasteiger charge is -2.43. The highest BCUT2D eigenvalue weighted by molar-refractivity contribution is 7.99. The lowest BCUT2D eigenvalue weighted by molar-refractivity contribution is -0.206. The van der Waals surface area contributed by atoms with Crippen LogP contribution in [0.5, 0.6) is 0 Å². The van der Waals surface area contributed by atoms with Crippen LogP contribution in [0, 0.1) is 5.92 Å². The van der Waals surface area contributed by atoms with E-state index < -0.39 is 35.9 Å². The maximum Gasteiger partial charge on any atom is 0.237 e. The summed E-state index contributed by atoms with van der Waals surface area (Å²) < 4.78 is 5.97. The number of hydrogen-bond acceptors (Lipinski definition) is 7. The number of carbonyl (C=O) groups is 1. The van der Waals surface area contributed by atoms with E-state index in [1.807, 2.05) is 7.05 Å². The molecule has 1 unspecified atom stereocenters. The monoisotopic (exact) mass is 472 g/mol. The molecule has 3 rings (SSSR count). The van der Waals surface area contributed by atoms with Crippen molar-refractivity contribution in [3.8, 4) is 0 Å². The summed E-state index contributed by atoms with van der Waals surface area (Å²) in [5.74, 6) is 0.340. The Morgan fingerprint density at radius 2 is 1.94 bits per heavy atom. The van der Waals surface area contributed by atoms with E-state index in [1.165, 1.54) is 11.8 Å². The molecule has 0 spiro atoms. The lowest BCUT2D eigenvalue weighted by Crippen LogP contribution is -2.60. The number of carbonyl (C=O) groups excluding carboxylic acids is 1. The molecule has 2 aliphatic rings. The smallest absolute Gasteiger partial charge is 0.237 e. The van der Waals surface area contributed by atoms with E-state index in [9.17, 15) is 20.1 Å². The number of hydrogen-bond donors (Lipinski definition) is 4. The van der Waals surface area contributed by atoms with Crippen molar-refractivity contribution in [3.05, 3.63) is 34.9 Å². The minimum Gasteiger partial charge on any atom is -0.387 e. The van der Waals surface area contributed by atoms with Crippen molar-refractivity contribution in [2.24, 2.45) is 5.92 Å². The number of rotatable bonds is 7. The van der Waals surface area contributed by atoms with Crippen LogP contribution >= 0.6 is 23.4 Å². The average Bonchev–Trinajstić information content (AvgIpc) is 3.12. The lowest BCUT2D eigenvalue weighted by atomic mass is 9.90. The van der Waals surface area contributed by atoms with Gasteiger partial charge in [-0.25, -0.2) is 0 Å². The fraction of sp³-hybridized carbons (Fsp3) is 0.682. The van der Waals surface area contributed by atoms with E-state index in [2.05, 4.69) is 17.1 Å². The quantitative estimate of drug-likeness (QED) is 0.479. The highest BCUT2D eigenvalue weighted by atomic mass is 35.5. The fourth-order valence-corrected chi connectivity index (χ4v) is 5.45. The number of aliphatic hydroxyl groups excluding tert-OH is 3. The van der Waals surface area contributed by atoms with Crippen molar-refractivity contribution in [2.75, 3.05) is 19.8 Å². The molecule has 31 heavy (non-hydrogen) atoms. The van der Waals surface area contributed by atoms with Gasteiger partial charge in [0, 0.05) is 11.6 Å². The van der Waals surface area contributed by atoms with Crippen LogP contribution in [0.3, 0.4) is 0 Å². The highest BCUT2D eigenvalue weighted by Crippen LogP contribution is 2.34. The average molecular weight is 473 g/mol. The number of amides is 1. The summed E-state index contributed by atoms with van der Waals surface area (Å²) in [7, 11) is 1.95. The molecular formula is C22H33ClN2O5S. The van der Waals surface area contributed by atoms with E-state index in [-0.39, 0.29) is 11.9 Å². The van der Waals surface area contributed by atoms with Gasteiger partial charge < -0.3 is 25.4 Å². The summed E-state index contributed by atoms with van der Waals surface area (Å²) in [4.78, 5) is 15.3. The van der Waals surface area contributed by atoms with Crippen molar-refractivity contribution < 1.29 is 24.9 Å². The molecule has 8 atom stereocenters. The van der Waals surface area contributed by atoms with Gasteiger partial charge in [0.25, 0.3) is 0 Å². The normalized spacial score (nSPS) is 35.1. The number of nitrogens with zero attached hydrogens (tertiary/aromatic N) is 1. The molecule has 0 radical (unpaired) electrons. The van der Waals surface area contributed by atoms with E-state index >= 15 is 0 Å². The van der Waals surface area contributed by atoms with Crippen molar-refractivity contribution in [1.82, 2.24) is 10.2 Å². The Hall–Kier alpha value is -0.870. The Morgan fingerprint density at radius 1 is 1.26 bits per heavy atom. The third-order valence-electron chi connectivity index (χ3n) is 6.33. The number of benzene rings is 1. The van der Waals surface area contributed by atoms with Gasteiger partial charge in [0.15, 0.2) is 0 Å². The van der Waals surface area contributed by atoms with Crippen LogP contribution in [0.4, 0.5) is 0 Å². The third-order valence-corrected chi connectivity index (χ3v) is 7.44. The maximum absolute atomic E-state index is 13.3. The summed E-state index contributed by atoms with van der Waals surface area (Å²) in [5, 5.41) is 34.9. The SMILES string of the molecule is CCC[C@@H]1C[C@@H](C(=O)N[C@H](c2ccc(Cl)cc2)C2O[C@H](SC)[C@H](O)[C@@H](O)[C@H]2O)N(C)C1. The zero-order valence-electron chi connectivity index (χ0n) is 18.1. The van der Waals surface area contributed by atoms with Gasteiger partial charge in [0.1, 0.15) is 29.9 Å². The van der Waals surface area contributed by atoms with E-state index in [4.69, 9.17) is 16.3 Å². The summed E-state index contributed by atoms with van der Waals surface area (Å²) in [6.45, 7) is 3.02. The second-order valence-corrected chi connectivity index (χ2v) is 9.93. The first-order chi connectivity index (χ1) is 14.8. The van der Waals surface area contributed by atoms with Crippen LogP contribution in [0.2, 0.25) is 5.02 Å². The van der Waals surface area contributed by atoms with Gasteiger partial charge in [-0.1, -0.05) is 37.1 Å². The number of aliphatic hydroxyl groups is 3. The Labute approximate surface area is 193 Å². The first kappa shape index (κ1) is 24.8. The van der Waals surface area contributed by atoms with Crippen LogP contribution in [0.1, 0.15) is 37.8 Å². The van der Waals surface area contributed by atoms with Crippen molar-refractivity contribution in [1.29, 1.82) is 0 Å². The predicted molar refractivity (Wildman–Crippen MR) is 122 cm³/mol. The van der Waals surface area contributed by atoms with Gasteiger partial charge >= 0.3 is 0 Å². The second kappa shape index (κ2) is 10.8. The summed E-state index contributed by atoms with van der Waals surface area (Å²) >= 11 is 7.29. The number of nitrogens with one attached hydrogen (secondary N) is 1. The van der Waals surface area contributed by atoms with Gasteiger partial charge in [0.05, 0.1) is 12.1 Å². The molecule has 2 saturated heterocycles. The standard InChI is InChI=1S/C22H33ClN2O5S/c1-4-5-12-10-15(25(2)11-12)21(29)24-16(13-6-8-14(23)9-7-13)20-18(27)17(26)19(28)22(30-20)31-3/h6-9,12,15-20,22,26-28H,4-5,10-11H2,1-3H3,(H,24,29)/t12-,15+,16-,17+,18-,19-,20?,22-/m1/s1. The van der Waals surface area contributed by atoms with Gasteiger partial charge in [-0.3, -0.25) is 9.69 Å². The molecule has 7 nitrogen and oxygen atoms in total. The van der Waals surface area contributed by atoms with Crippen molar-refractivity contribution in [2.45, 2.75) is 68.1 Å². The molecule has 0 saturated carbocycles. The number of likely N-dealkylation sites (N-methyl/N-ethyl adjacent to an activating group) is 1. The van der Waals surface area contributed by atoms with E-state index in [0.29, 0.717) is 16.5 Å². The molecule has 1 aromatic rings. The summed E-state index contributed by atoms with van der Waals surface area (Å²) in [5.41, 5.74) is -0.0193. The molecule has 2 aliphatic heterocycles. The number of ether oxygens (including phenoxy) is 1. The van der Waals surface area contributed by atoms with Crippen LogP contribution in [0.15, 0.2) is 24.3 Å². The van der Waals surface area contributed by atoms with Gasteiger partial charge in [-0.05, 0) is 49.8 Å². The van der Waals surface area contributed by atoms with Crippen LogP contribution in [-0.4, -0.2) is 81.9 Å². The topological polar surface area (TPSA) is 102 Å². The first-order valence-electron chi connectivity index (χ1n) is 10.7. The molecule has 2 fully saturated rings. The van der Waals surface area contributed by atoms with Gasteiger partial charge in [-0.15, -0.1) is 11.8 Å². The van der Waals surface area contributed by atoms with Gasteiger partial charge in [-0.2, -0.15) is 0 Å². The molecule has 0 aromatic heterocycles. The number of halogens is 1. The molecule has 0 bridgehead atoms. The Morgan fingerprint density at radius 3 is 2.55 bits per heavy atom. The Kier molecular flexibility index (Phi) is 8.65. The van der Waals surface area contributed by atoms with Crippen molar-refractivity contribution >= 4 is 29.3 Å². The molecule has 1 amide bonds. The minimum absolute atomic E-state index is 0.141. The molecule has 2 heterocycles. The maximum atomic E-state index is 13.3. The van der Waals surface area contributed by atoms with Crippen LogP contribution in [0.25, 0.3) is 0 Å². The molecule has 9 heteroatoms. The minimum atomic E-state index is -1.38. The van der Waals surface area contributed by atoms with E-state index in [0.717, 1.165) is 25.8 Å². The summed E-state index contributed by atoms with van der Waals surface area (Å²) in [6.07, 6.45) is -0.201. The molecule has 0 aliphatic carbocycles. The molecular weight excluding hydrogens is 440 g/mol. The Bertz CT molecular complexity index is 737. The van der Waals surface area contributed by atoms with Crippen LogP contribution < -0.4 is 5.32 Å². The van der Waals surface area contributed by atoms with Crippen molar-refractivity contribution in [3.63, 3.8) is 0 Å². The predicted octanol–water partition coefficient (Wildman–Crippen LogP) is 1.79. The number of likely N-dealkylation sites (tertiary alicyclic amines) is 1. The highest BCUT2D eigenvalue weighted by Gasteiger charge is 2.47. The van der Waals surface area contributed by atoms with Gasteiger partial charge in [0.2, 0.25) is 5.91 Å². The third kappa shape index (κ3) is 5.55. The summed E-state index contributed by atoms with van der Waals surface area (Å²) in [6, 6.07) is 5.98. The largest absolute Gasteiger partial charge is 0.387 e. The van der Waals surface area contributed by atoms with Crippen LogP contribution in [-0.2, 0) is 9.53 Å². The Balaban J connectivity index is 1.85. The molecule has 174 valence electrons.